The first kappa shape index (κ1) is 11.9. The van der Waals surface area contributed by atoms with Crippen molar-refractivity contribution < 1.29 is 4.39 Å². The Hall–Kier alpha value is -1.55. The molecule has 0 aromatic heterocycles. The number of rotatable bonds is 2. The Bertz CT molecular complexity index is 555. The molecular weight excluding hydrogens is 283 g/mol. The van der Waals surface area contributed by atoms with Gasteiger partial charge in [0.25, 0.3) is 0 Å². The molecule has 0 atom stereocenters. The molecule has 0 aliphatic carbocycles. The van der Waals surface area contributed by atoms with Gasteiger partial charge in [0.15, 0.2) is 0 Å². The molecule has 0 fully saturated rings. The van der Waals surface area contributed by atoms with E-state index < -0.39 is 0 Å². The van der Waals surface area contributed by atoms with Crippen LogP contribution in [0.4, 0.5) is 21.5 Å². The third kappa shape index (κ3) is 2.77. The molecule has 0 spiro atoms. The maximum absolute atomic E-state index is 13.6. The van der Waals surface area contributed by atoms with Gasteiger partial charge in [0.1, 0.15) is 5.82 Å². The molecule has 2 nitrogen and oxygen atoms in total. The Morgan fingerprint density at radius 3 is 2.59 bits per heavy atom. The summed E-state index contributed by atoms with van der Waals surface area (Å²) in [5, 5.41) is 3.03. The number of halogens is 2. The maximum atomic E-state index is 13.6. The predicted octanol–water partition coefficient (Wildman–Crippen LogP) is 4.22. The minimum absolute atomic E-state index is 0.278. The molecule has 88 valence electrons. The first-order valence-corrected chi connectivity index (χ1v) is 5.94. The molecule has 0 aliphatic rings. The second-order valence-electron chi connectivity index (χ2n) is 3.85. The van der Waals surface area contributed by atoms with Gasteiger partial charge in [0.05, 0.1) is 11.4 Å². The summed E-state index contributed by atoms with van der Waals surface area (Å²) in [5.74, 6) is -0.278. The minimum atomic E-state index is -0.278. The predicted molar refractivity (Wildman–Crippen MR) is 73.0 cm³/mol. The molecule has 2 rings (SSSR count). The zero-order valence-electron chi connectivity index (χ0n) is 9.30. The van der Waals surface area contributed by atoms with Crippen LogP contribution >= 0.6 is 15.9 Å². The van der Waals surface area contributed by atoms with E-state index >= 15 is 0 Å². The van der Waals surface area contributed by atoms with E-state index in [1.54, 1.807) is 30.3 Å². The average Bonchev–Trinajstić information content (AvgIpc) is 2.27. The molecule has 0 heterocycles. The van der Waals surface area contributed by atoms with Gasteiger partial charge in [0, 0.05) is 10.2 Å². The van der Waals surface area contributed by atoms with Gasteiger partial charge in [-0.25, -0.2) is 4.39 Å². The Labute approximate surface area is 108 Å². The molecule has 0 amide bonds. The molecule has 0 radical (unpaired) electrons. The molecule has 0 aliphatic heterocycles. The highest BCUT2D eigenvalue weighted by Crippen LogP contribution is 2.29. The number of nitrogens with two attached hydrogens (primary N) is 1. The molecule has 4 heteroatoms. The van der Waals surface area contributed by atoms with Crippen LogP contribution in [0.25, 0.3) is 0 Å². The van der Waals surface area contributed by atoms with Crippen molar-refractivity contribution >= 4 is 33.0 Å². The average molecular weight is 295 g/mol. The van der Waals surface area contributed by atoms with Crippen molar-refractivity contribution in [2.24, 2.45) is 0 Å². The second-order valence-corrected chi connectivity index (χ2v) is 4.70. The summed E-state index contributed by atoms with van der Waals surface area (Å²) in [6, 6.07) is 10.3. The van der Waals surface area contributed by atoms with Crippen LogP contribution in [0.2, 0.25) is 0 Å². The molecule has 17 heavy (non-hydrogen) atoms. The van der Waals surface area contributed by atoms with Crippen molar-refractivity contribution in [3.63, 3.8) is 0 Å². The standard InChI is InChI=1S/C13H12BrFN2/c1-8-2-4-11(15)13(6-8)17-12-5-3-9(16)7-10(12)14/h2-7,17H,16H2,1H3. The van der Waals surface area contributed by atoms with Gasteiger partial charge in [-0.3, -0.25) is 0 Å². The number of anilines is 3. The van der Waals surface area contributed by atoms with E-state index in [2.05, 4.69) is 21.2 Å². The fourth-order valence-electron chi connectivity index (χ4n) is 1.51. The summed E-state index contributed by atoms with van der Waals surface area (Å²) in [4.78, 5) is 0. The Kier molecular flexibility index (Phi) is 3.33. The summed E-state index contributed by atoms with van der Waals surface area (Å²) in [7, 11) is 0. The van der Waals surface area contributed by atoms with Crippen LogP contribution in [0.3, 0.4) is 0 Å². The van der Waals surface area contributed by atoms with Gasteiger partial charge in [-0.05, 0) is 58.7 Å². The molecule has 2 aromatic carbocycles. The van der Waals surface area contributed by atoms with E-state index in [1.807, 2.05) is 6.92 Å². The Morgan fingerprint density at radius 2 is 1.88 bits per heavy atom. The van der Waals surface area contributed by atoms with Gasteiger partial charge in [-0.2, -0.15) is 0 Å². The van der Waals surface area contributed by atoms with Crippen molar-refractivity contribution in [1.82, 2.24) is 0 Å². The van der Waals surface area contributed by atoms with Crippen LogP contribution in [-0.4, -0.2) is 0 Å². The smallest absolute Gasteiger partial charge is 0.146 e. The van der Waals surface area contributed by atoms with E-state index in [9.17, 15) is 4.39 Å². The van der Waals surface area contributed by atoms with Crippen molar-refractivity contribution in [2.45, 2.75) is 6.92 Å². The zero-order chi connectivity index (χ0) is 12.4. The highest BCUT2D eigenvalue weighted by molar-refractivity contribution is 9.10. The van der Waals surface area contributed by atoms with Crippen LogP contribution < -0.4 is 11.1 Å². The van der Waals surface area contributed by atoms with Gasteiger partial charge in [-0.15, -0.1) is 0 Å². The SMILES string of the molecule is Cc1ccc(F)c(Nc2ccc(N)cc2Br)c1. The number of hydrogen-bond acceptors (Lipinski definition) is 2. The quantitative estimate of drug-likeness (QED) is 0.814. The Balaban J connectivity index is 2.34. The van der Waals surface area contributed by atoms with Crippen molar-refractivity contribution in [3.05, 3.63) is 52.3 Å². The lowest BCUT2D eigenvalue weighted by Crippen LogP contribution is -1.96. The number of hydrogen-bond donors (Lipinski definition) is 2. The van der Waals surface area contributed by atoms with Crippen molar-refractivity contribution in [3.8, 4) is 0 Å². The topological polar surface area (TPSA) is 38.0 Å². The molecule has 0 bridgehead atoms. The lowest BCUT2D eigenvalue weighted by atomic mass is 10.2. The second kappa shape index (κ2) is 4.75. The van der Waals surface area contributed by atoms with Gasteiger partial charge < -0.3 is 11.1 Å². The van der Waals surface area contributed by atoms with Crippen LogP contribution in [0.15, 0.2) is 40.9 Å². The molecule has 0 unspecified atom stereocenters. The third-order valence-electron chi connectivity index (χ3n) is 2.38. The van der Waals surface area contributed by atoms with Gasteiger partial charge in [-0.1, -0.05) is 6.07 Å². The van der Waals surface area contributed by atoms with E-state index in [-0.39, 0.29) is 5.82 Å². The van der Waals surface area contributed by atoms with Gasteiger partial charge >= 0.3 is 0 Å². The summed E-state index contributed by atoms with van der Waals surface area (Å²) >= 11 is 3.38. The molecule has 2 aromatic rings. The van der Waals surface area contributed by atoms with E-state index in [4.69, 9.17) is 5.73 Å². The van der Waals surface area contributed by atoms with Crippen LogP contribution in [0, 0.1) is 12.7 Å². The van der Waals surface area contributed by atoms with Crippen LogP contribution in [0.1, 0.15) is 5.56 Å². The lowest BCUT2D eigenvalue weighted by Gasteiger charge is -2.10. The monoisotopic (exact) mass is 294 g/mol. The lowest BCUT2D eigenvalue weighted by molar-refractivity contribution is 0.631. The van der Waals surface area contributed by atoms with Crippen LogP contribution in [0.5, 0.6) is 0 Å². The molecule has 3 N–H and O–H groups in total. The molecular formula is C13H12BrFN2. The first-order valence-electron chi connectivity index (χ1n) is 5.14. The Morgan fingerprint density at radius 1 is 1.12 bits per heavy atom. The van der Waals surface area contributed by atoms with E-state index in [0.29, 0.717) is 11.4 Å². The number of nitrogen functional groups attached to an aromatic ring is 1. The maximum Gasteiger partial charge on any atom is 0.146 e. The zero-order valence-corrected chi connectivity index (χ0v) is 10.9. The van der Waals surface area contributed by atoms with Crippen LogP contribution in [-0.2, 0) is 0 Å². The highest BCUT2D eigenvalue weighted by atomic mass is 79.9. The summed E-state index contributed by atoms with van der Waals surface area (Å²) in [6.45, 7) is 1.92. The van der Waals surface area contributed by atoms with Crippen molar-refractivity contribution in [2.75, 3.05) is 11.1 Å². The van der Waals surface area contributed by atoms with E-state index in [0.717, 1.165) is 15.7 Å². The normalized spacial score (nSPS) is 10.3. The summed E-state index contributed by atoms with van der Waals surface area (Å²) in [5.41, 5.74) is 8.54. The molecule has 0 saturated carbocycles. The fourth-order valence-corrected chi connectivity index (χ4v) is 2.01. The van der Waals surface area contributed by atoms with Crippen molar-refractivity contribution in [1.29, 1.82) is 0 Å². The summed E-state index contributed by atoms with van der Waals surface area (Å²) in [6.07, 6.45) is 0. The molecule has 0 saturated heterocycles. The third-order valence-corrected chi connectivity index (χ3v) is 3.04. The highest BCUT2D eigenvalue weighted by Gasteiger charge is 2.05. The first-order chi connectivity index (χ1) is 8.06. The van der Waals surface area contributed by atoms with E-state index in [1.165, 1.54) is 6.07 Å². The number of nitrogens with one attached hydrogen (secondary N) is 1. The minimum Gasteiger partial charge on any atom is -0.399 e. The fraction of sp³-hybridized carbons (Fsp3) is 0.0769. The number of benzene rings is 2. The van der Waals surface area contributed by atoms with Gasteiger partial charge in [0.2, 0.25) is 0 Å². The number of aryl methyl sites for hydroxylation is 1. The summed E-state index contributed by atoms with van der Waals surface area (Å²) < 4.78 is 14.4. The largest absolute Gasteiger partial charge is 0.399 e.